The molecule has 0 bridgehead atoms. The molecule has 0 atom stereocenters. The summed E-state index contributed by atoms with van der Waals surface area (Å²) in [4.78, 5) is 10.3. The number of benzene rings is 2. The summed E-state index contributed by atoms with van der Waals surface area (Å²) in [6.45, 7) is -0.252. The van der Waals surface area contributed by atoms with Crippen molar-refractivity contribution in [2.24, 2.45) is 0 Å². The van der Waals surface area contributed by atoms with Crippen LogP contribution in [0.3, 0.4) is 0 Å². The van der Waals surface area contributed by atoms with Crippen LogP contribution in [0.15, 0.2) is 57.5 Å². The van der Waals surface area contributed by atoms with Gasteiger partial charge in [-0.05, 0) is 24.3 Å². The molecule has 1 heterocycles. The lowest BCUT2D eigenvalue weighted by Crippen LogP contribution is -1.91. The largest absolute Gasteiger partial charge is 0.391 e. The molecule has 0 radical (unpaired) electrons. The lowest BCUT2D eigenvalue weighted by Gasteiger charge is -2.02. The summed E-state index contributed by atoms with van der Waals surface area (Å²) in [6.07, 6.45) is 0. The minimum absolute atomic E-state index is 0.00462. The van der Waals surface area contributed by atoms with Gasteiger partial charge in [0.2, 0.25) is 0 Å². The summed E-state index contributed by atoms with van der Waals surface area (Å²) < 4.78 is 6.28. The Kier molecular flexibility index (Phi) is 4.22. The average molecular weight is 375 g/mol. The van der Waals surface area contributed by atoms with Gasteiger partial charge >= 0.3 is 0 Å². The van der Waals surface area contributed by atoms with Crippen LogP contribution in [-0.2, 0) is 6.61 Å². The first kappa shape index (κ1) is 15.4. The fourth-order valence-electron chi connectivity index (χ4n) is 2.28. The van der Waals surface area contributed by atoms with Crippen LogP contribution in [0.1, 0.15) is 5.56 Å². The average Bonchev–Trinajstić information content (AvgIpc) is 2.98. The number of rotatable bonds is 4. The van der Waals surface area contributed by atoms with Crippen LogP contribution in [0, 0.1) is 10.1 Å². The number of hydrogen-bond acceptors (Lipinski definition) is 5. The minimum atomic E-state index is -0.466. The van der Waals surface area contributed by atoms with Gasteiger partial charge in [0, 0.05) is 27.7 Å². The van der Waals surface area contributed by atoms with Gasteiger partial charge in [-0.2, -0.15) is 0 Å². The number of halogens is 1. The van der Waals surface area contributed by atoms with Crippen LogP contribution in [0.5, 0.6) is 0 Å². The second-order valence-corrected chi connectivity index (χ2v) is 5.73. The van der Waals surface area contributed by atoms with E-state index in [0.717, 1.165) is 10.0 Å². The molecule has 0 spiro atoms. The molecule has 0 unspecified atom stereocenters. The molecule has 3 aromatic rings. The lowest BCUT2D eigenvalue weighted by molar-refractivity contribution is -0.384. The third kappa shape index (κ3) is 3.01. The molecule has 0 fully saturated rings. The first-order valence-electron chi connectivity index (χ1n) is 6.70. The van der Waals surface area contributed by atoms with E-state index in [1.54, 1.807) is 12.1 Å². The van der Waals surface area contributed by atoms with E-state index in [2.05, 4.69) is 21.1 Å². The second-order valence-electron chi connectivity index (χ2n) is 4.81. The summed E-state index contributed by atoms with van der Waals surface area (Å²) >= 11 is 3.39. The van der Waals surface area contributed by atoms with Crippen molar-refractivity contribution in [2.75, 3.05) is 0 Å². The van der Waals surface area contributed by atoms with E-state index >= 15 is 0 Å². The number of hydrogen-bond donors (Lipinski definition) is 1. The lowest BCUT2D eigenvalue weighted by atomic mass is 10.0. The Balaban J connectivity index is 2.06. The van der Waals surface area contributed by atoms with Crippen molar-refractivity contribution < 1.29 is 14.6 Å². The third-order valence-electron chi connectivity index (χ3n) is 3.38. The van der Waals surface area contributed by atoms with Crippen LogP contribution in [0.25, 0.3) is 22.6 Å². The standard InChI is InChI=1S/C16H11BrN2O4/c17-12-3-1-2-11(8-12)16-14(9-20)15(18-23-16)10-4-6-13(7-5-10)19(21)22/h1-8,20H,9H2. The van der Waals surface area contributed by atoms with Gasteiger partial charge in [-0.3, -0.25) is 10.1 Å². The number of aliphatic hydroxyl groups is 1. The molecule has 0 amide bonds. The quantitative estimate of drug-likeness (QED) is 0.546. The molecule has 2 aromatic carbocycles. The van der Waals surface area contributed by atoms with Gasteiger partial charge in [-0.15, -0.1) is 0 Å². The Hall–Kier alpha value is -2.51. The summed E-state index contributed by atoms with van der Waals surface area (Å²) in [6, 6.07) is 13.4. The molecule has 0 aliphatic carbocycles. The number of non-ortho nitro benzene ring substituents is 1. The first-order valence-corrected chi connectivity index (χ1v) is 7.49. The molecule has 0 aliphatic rings. The fraction of sp³-hybridized carbons (Fsp3) is 0.0625. The molecule has 0 saturated carbocycles. The molecule has 7 heteroatoms. The minimum Gasteiger partial charge on any atom is -0.391 e. The Morgan fingerprint density at radius 3 is 2.52 bits per heavy atom. The zero-order chi connectivity index (χ0) is 16.4. The van der Waals surface area contributed by atoms with Gasteiger partial charge in [-0.1, -0.05) is 33.2 Å². The smallest absolute Gasteiger partial charge is 0.269 e. The zero-order valence-corrected chi connectivity index (χ0v) is 13.4. The summed E-state index contributed by atoms with van der Waals surface area (Å²) in [7, 11) is 0. The van der Waals surface area contributed by atoms with E-state index in [4.69, 9.17) is 4.52 Å². The summed E-state index contributed by atoms with van der Waals surface area (Å²) in [5.74, 6) is 0.474. The van der Waals surface area contributed by atoms with Crippen LogP contribution >= 0.6 is 15.9 Å². The molecule has 1 aromatic heterocycles. The normalized spacial score (nSPS) is 10.7. The maximum Gasteiger partial charge on any atom is 0.269 e. The fourth-order valence-corrected chi connectivity index (χ4v) is 2.68. The Bertz CT molecular complexity index is 859. The molecule has 1 N–H and O–H groups in total. The number of aliphatic hydroxyl groups excluding tert-OH is 1. The molecule has 23 heavy (non-hydrogen) atoms. The van der Waals surface area contributed by atoms with Crippen molar-refractivity contribution >= 4 is 21.6 Å². The molecule has 0 aliphatic heterocycles. The Morgan fingerprint density at radius 2 is 1.91 bits per heavy atom. The Labute approximate surface area is 139 Å². The van der Waals surface area contributed by atoms with E-state index < -0.39 is 4.92 Å². The highest BCUT2D eigenvalue weighted by molar-refractivity contribution is 9.10. The topological polar surface area (TPSA) is 89.4 Å². The van der Waals surface area contributed by atoms with Crippen molar-refractivity contribution in [1.82, 2.24) is 5.16 Å². The maximum atomic E-state index is 10.7. The molecular formula is C16H11BrN2O4. The highest BCUT2D eigenvalue weighted by atomic mass is 79.9. The number of nitro groups is 1. The van der Waals surface area contributed by atoms with Gasteiger partial charge in [0.1, 0.15) is 5.69 Å². The van der Waals surface area contributed by atoms with Crippen molar-refractivity contribution in [1.29, 1.82) is 0 Å². The SMILES string of the molecule is O=[N+]([O-])c1ccc(-c2noc(-c3cccc(Br)c3)c2CO)cc1. The highest BCUT2D eigenvalue weighted by Gasteiger charge is 2.19. The summed E-state index contributed by atoms with van der Waals surface area (Å²) in [5.41, 5.74) is 2.43. The van der Waals surface area contributed by atoms with Gasteiger partial charge in [0.25, 0.3) is 5.69 Å². The van der Waals surface area contributed by atoms with E-state index in [9.17, 15) is 15.2 Å². The van der Waals surface area contributed by atoms with Crippen LogP contribution < -0.4 is 0 Å². The molecule has 0 saturated heterocycles. The van der Waals surface area contributed by atoms with Gasteiger partial charge in [0.15, 0.2) is 5.76 Å². The van der Waals surface area contributed by atoms with Crippen molar-refractivity contribution in [3.05, 3.63) is 68.7 Å². The monoisotopic (exact) mass is 374 g/mol. The molecule has 3 rings (SSSR count). The zero-order valence-electron chi connectivity index (χ0n) is 11.8. The Morgan fingerprint density at radius 1 is 1.17 bits per heavy atom. The van der Waals surface area contributed by atoms with Gasteiger partial charge < -0.3 is 9.63 Å². The predicted octanol–water partition coefficient (Wildman–Crippen LogP) is 4.17. The van der Waals surface area contributed by atoms with Crippen LogP contribution in [-0.4, -0.2) is 15.2 Å². The second kappa shape index (κ2) is 6.31. The van der Waals surface area contributed by atoms with Crippen molar-refractivity contribution in [3.63, 3.8) is 0 Å². The van der Waals surface area contributed by atoms with E-state index in [0.29, 0.717) is 22.6 Å². The van der Waals surface area contributed by atoms with Crippen molar-refractivity contribution in [2.45, 2.75) is 6.61 Å². The van der Waals surface area contributed by atoms with Gasteiger partial charge in [0.05, 0.1) is 17.1 Å². The van der Waals surface area contributed by atoms with Gasteiger partial charge in [-0.25, -0.2) is 0 Å². The maximum absolute atomic E-state index is 10.7. The molecule has 116 valence electrons. The summed E-state index contributed by atoms with van der Waals surface area (Å²) in [5, 5.41) is 24.4. The van der Waals surface area contributed by atoms with E-state index in [1.165, 1.54) is 12.1 Å². The van der Waals surface area contributed by atoms with E-state index in [1.807, 2.05) is 24.3 Å². The number of aromatic nitrogens is 1. The number of nitro benzene ring substituents is 1. The molecule has 6 nitrogen and oxygen atoms in total. The molecular weight excluding hydrogens is 364 g/mol. The highest BCUT2D eigenvalue weighted by Crippen LogP contribution is 2.33. The van der Waals surface area contributed by atoms with Crippen LogP contribution in [0.4, 0.5) is 5.69 Å². The predicted molar refractivity (Wildman–Crippen MR) is 87.7 cm³/mol. The van der Waals surface area contributed by atoms with E-state index in [-0.39, 0.29) is 12.3 Å². The van der Waals surface area contributed by atoms with Crippen molar-refractivity contribution in [3.8, 4) is 22.6 Å². The third-order valence-corrected chi connectivity index (χ3v) is 3.88. The first-order chi connectivity index (χ1) is 11.1. The van der Waals surface area contributed by atoms with Crippen LogP contribution in [0.2, 0.25) is 0 Å². The number of nitrogens with zero attached hydrogens (tertiary/aromatic N) is 2.